The fourth-order valence-electron chi connectivity index (χ4n) is 5.75. The second kappa shape index (κ2) is 13.7. The lowest BCUT2D eigenvalue weighted by Gasteiger charge is -2.39. The van der Waals surface area contributed by atoms with Gasteiger partial charge in [0.15, 0.2) is 0 Å². The molecule has 1 saturated heterocycles. The van der Waals surface area contributed by atoms with E-state index in [4.69, 9.17) is 4.74 Å². The van der Waals surface area contributed by atoms with Gasteiger partial charge < -0.3 is 14.7 Å². The Bertz CT molecular complexity index is 1190. The van der Waals surface area contributed by atoms with Gasteiger partial charge >= 0.3 is 5.97 Å². The third kappa shape index (κ3) is 7.73. The first-order chi connectivity index (χ1) is 18.4. The van der Waals surface area contributed by atoms with Crippen LogP contribution in [0, 0.1) is 17.7 Å². The summed E-state index contributed by atoms with van der Waals surface area (Å²) < 4.78 is 34.0. The highest BCUT2D eigenvalue weighted by atomic mass is 19.1. The molecule has 2 unspecified atom stereocenters. The van der Waals surface area contributed by atoms with Crippen LogP contribution in [0.5, 0.6) is 5.75 Å². The number of benzene rings is 2. The van der Waals surface area contributed by atoms with Gasteiger partial charge in [-0.25, -0.2) is 8.78 Å². The molecule has 1 aromatic heterocycles. The Kier molecular flexibility index (Phi) is 10.0. The molecule has 0 radical (unpaired) electrons. The Morgan fingerprint density at radius 2 is 1.95 bits per heavy atom. The maximum atomic E-state index is 15.5. The minimum Gasteiger partial charge on any atom is -0.497 e. The number of ether oxygens (including phenoxy) is 1. The quantitative estimate of drug-likeness (QED) is 0.244. The molecule has 1 N–H and O–H groups in total. The second-order valence-electron chi connectivity index (χ2n) is 10.5. The van der Waals surface area contributed by atoms with Gasteiger partial charge in [0.2, 0.25) is 0 Å². The zero-order chi connectivity index (χ0) is 26.9. The lowest BCUT2D eigenvalue weighted by molar-refractivity contribution is -0.137. The van der Waals surface area contributed by atoms with E-state index in [0.717, 1.165) is 68.2 Å². The van der Waals surface area contributed by atoms with Crippen LogP contribution in [0.25, 0.3) is 10.9 Å². The summed E-state index contributed by atoms with van der Waals surface area (Å²) in [6.45, 7) is 2.78. The van der Waals surface area contributed by atoms with Gasteiger partial charge in [-0.1, -0.05) is 12.1 Å². The van der Waals surface area contributed by atoms with Crippen LogP contribution < -0.4 is 4.74 Å². The number of hydrogen-bond donors (Lipinski definition) is 1. The molecule has 38 heavy (non-hydrogen) atoms. The fourth-order valence-corrected chi connectivity index (χ4v) is 5.75. The van der Waals surface area contributed by atoms with Crippen LogP contribution in [0.2, 0.25) is 0 Å². The van der Waals surface area contributed by atoms with E-state index in [-0.39, 0.29) is 18.2 Å². The fraction of sp³-hybridized carbons (Fsp3) is 0.484. The van der Waals surface area contributed by atoms with Crippen LogP contribution in [0.1, 0.15) is 62.2 Å². The van der Waals surface area contributed by atoms with Crippen LogP contribution >= 0.6 is 0 Å². The van der Waals surface area contributed by atoms with Crippen molar-refractivity contribution in [3.8, 4) is 5.75 Å². The van der Waals surface area contributed by atoms with Gasteiger partial charge in [-0.05, 0) is 117 Å². The van der Waals surface area contributed by atoms with Crippen molar-refractivity contribution >= 4 is 16.9 Å². The van der Waals surface area contributed by atoms with E-state index in [1.165, 1.54) is 12.1 Å². The van der Waals surface area contributed by atoms with E-state index >= 15 is 4.39 Å². The molecule has 2 heterocycles. The molecule has 1 fully saturated rings. The topological polar surface area (TPSA) is 62.7 Å². The number of carboxylic acids is 1. The van der Waals surface area contributed by atoms with Gasteiger partial charge in [-0.3, -0.25) is 9.78 Å². The van der Waals surface area contributed by atoms with Gasteiger partial charge in [0.05, 0.1) is 12.6 Å². The molecular weight excluding hydrogens is 486 g/mol. The van der Waals surface area contributed by atoms with Gasteiger partial charge in [0, 0.05) is 24.5 Å². The highest BCUT2D eigenvalue weighted by molar-refractivity contribution is 5.83. The lowest BCUT2D eigenvalue weighted by atomic mass is 9.79. The van der Waals surface area contributed by atoms with Crippen molar-refractivity contribution in [1.29, 1.82) is 0 Å². The molecule has 3 aromatic rings. The Morgan fingerprint density at radius 1 is 1.13 bits per heavy atom. The summed E-state index contributed by atoms with van der Waals surface area (Å²) >= 11 is 0. The smallest absolute Gasteiger partial charge is 0.303 e. The number of fused-ring (bicyclic) bond motifs is 1. The molecular formula is C31H38F2N2O3. The molecule has 0 spiro atoms. The Hall–Kier alpha value is -3.06. The van der Waals surface area contributed by atoms with Crippen LogP contribution in [-0.4, -0.2) is 47.7 Å². The number of likely N-dealkylation sites (tertiary alicyclic amines) is 1. The second-order valence-corrected chi connectivity index (χ2v) is 10.5. The summed E-state index contributed by atoms with van der Waals surface area (Å²) in [5, 5.41) is 10.1. The predicted molar refractivity (Wildman–Crippen MR) is 146 cm³/mol. The van der Waals surface area contributed by atoms with Gasteiger partial charge in [-0.15, -0.1) is 0 Å². The number of aromatic nitrogens is 1. The summed E-state index contributed by atoms with van der Waals surface area (Å²) in [4.78, 5) is 18.1. The number of alkyl halides is 1. The number of aliphatic carboxylic acids is 1. The first-order valence-electron chi connectivity index (χ1n) is 13.7. The minimum absolute atomic E-state index is 0.146. The monoisotopic (exact) mass is 524 g/mol. The largest absolute Gasteiger partial charge is 0.497 e. The lowest BCUT2D eigenvalue weighted by Crippen LogP contribution is -2.41. The number of aryl methyl sites for hydroxylation is 1. The molecule has 204 valence electrons. The minimum atomic E-state index is -1.11. The van der Waals surface area contributed by atoms with Crippen molar-refractivity contribution < 1.29 is 23.4 Å². The first kappa shape index (κ1) is 28.0. The average Bonchev–Trinajstić information content (AvgIpc) is 2.93. The third-order valence-corrected chi connectivity index (χ3v) is 7.92. The van der Waals surface area contributed by atoms with Crippen molar-refractivity contribution in [3.63, 3.8) is 0 Å². The molecule has 0 bridgehead atoms. The molecule has 2 aromatic carbocycles. The van der Waals surface area contributed by atoms with Crippen molar-refractivity contribution in [3.05, 3.63) is 71.7 Å². The highest BCUT2D eigenvalue weighted by Crippen LogP contribution is 2.36. The van der Waals surface area contributed by atoms with Gasteiger partial charge in [0.1, 0.15) is 17.7 Å². The third-order valence-electron chi connectivity index (χ3n) is 7.92. The summed E-state index contributed by atoms with van der Waals surface area (Å²) in [6, 6.07) is 14.0. The number of piperidine rings is 1. The molecule has 4 rings (SSSR count). The standard InChI is InChI=1S/C31H38F2N2O3/c1-38-26-11-13-30-28(20-26)27(15-17-34-30)29(33)12-7-23-16-19-35(21-24(23)8-14-31(36)37)18-3-2-4-22-5-9-25(32)10-6-22/h5-6,9-11,13,15,17,20,23-24,29H,2-4,7-8,12,14,16,18-19,21H2,1H3,(H,36,37)/t23?,24?,29-/m0/s1. The number of carbonyl (C=O) groups is 1. The van der Waals surface area contributed by atoms with E-state index in [9.17, 15) is 14.3 Å². The molecule has 7 heteroatoms. The maximum absolute atomic E-state index is 15.5. The van der Waals surface area contributed by atoms with Crippen molar-refractivity contribution in [2.45, 2.75) is 57.5 Å². The number of methoxy groups -OCH3 is 1. The van der Waals surface area contributed by atoms with E-state index in [1.54, 1.807) is 19.4 Å². The number of rotatable bonds is 13. The number of hydrogen-bond acceptors (Lipinski definition) is 4. The van der Waals surface area contributed by atoms with Gasteiger partial charge in [0.25, 0.3) is 0 Å². The summed E-state index contributed by atoms with van der Waals surface area (Å²) in [7, 11) is 1.60. The van der Waals surface area contributed by atoms with Crippen molar-refractivity contribution in [2.24, 2.45) is 11.8 Å². The zero-order valence-electron chi connectivity index (χ0n) is 22.1. The number of unbranched alkanes of at least 4 members (excludes halogenated alkanes) is 1. The van der Waals surface area contributed by atoms with E-state index in [2.05, 4.69) is 9.88 Å². The number of carboxylic acid groups (broad SMARTS) is 1. The van der Waals surface area contributed by atoms with Crippen LogP contribution in [-0.2, 0) is 11.2 Å². The SMILES string of the molecule is COc1ccc2nccc([C@@H](F)CCC3CCN(CCCCc4ccc(F)cc4)CC3CCC(=O)O)c2c1. The Labute approximate surface area is 223 Å². The molecule has 0 aliphatic carbocycles. The number of pyridine rings is 1. The Balaban J connectivity index is 1.31. The normalized spacial score (nSPS) is 18.9. The van der Waals surface area contributed by atoms with Crippen LogP contribution in [0.4, 0.5) is 8.78 Å². The van der Waals surface area contributed by atoms with E-state index < -0.39 is 12.1 Å². The summed E-state index contributed by atoms with van der Waals surface area (Å²) in [6.07, 6.45) is 6.40. The molecule has 5 nitrogen and oxygen atoms in total. The zero-order valence-corrected chi connectivity index (χ0v) is 22.1. The first-order valence-corrected chi connectivity index (χ1v) is 13.7. The van der Waals surface area contributed by atoms with Crippen molar-refractivity contribution in [1.82, 2.24) is 9.88 Å². The van der Waals surface area contributed by atoms with E-state index in [1.807, 2.05) is 30.3 Å². The molecule has 3 atom stereocenters. The van der Waals surface area contributed by atoms with E-state index in [0.29, 0.717) is 30.1 Å². The molecule has 0 saturated carbocycles. The highest BCUT2D eigenvalue weighted by Gasteiger charge is 2.30. The number of halogens is 2. The molecule has 1 aliphatic rings. The number of nitrogens with zero attached hydrogens (tertiary/aromatic N) is 2. The summed E-state index contributed by atoms with van der Waals surface area (Å²) in [5.74, 6) is 0.250. The average molecular weight is 525 g/mol. The molecule has 0 amide bonds. The summed E-state index contributed by atoms with van der Waals surface area (Å²) in [5.41, 5.74) is 2.53. The van der Waals surface area contributed by atoms with Crippen LogP contribution in [0.3, 0.4) is 0 Å². The Morgan fingerprint density at radius 3 is 2.71 bits per heavy atom. The van der Waals surface area contributed by atoms with Gasteiger partial charge in [-0.2, -0.15) is 0 Å². The van der Waals surface area contributed by atoms with Crippen LogP contribution in [0.15, 0.2) is 54.7 Å². The maximum Gasteiger partial charge on any atom is 0.303 e. The predicted octanol–water partition coefficient (Wildman–Crippen LogP) is 7.00. The molecule has 1 aliphatic heterocycles. The van der Waals surface area contributed by atoms with Crippen molar-refractivity contribution in [2.75, 3.05) is 26.7 Å².